The number of rotatable bonds is 6. The summed E-state index contributed by atoms with van der Waals surface area (Å²) >= 11 is 0. The fourth-order valence-corrected chi connectivity index (χ4v) is 2.52. The lowest BCUT2D eigenvalue weighted by atomic mass is 9.96. The minimum atomic E-state index is -0.364. The lowest BCUT2D eigenvalue weighted by Gasteiger charge is -2.18. The van der Waals surface area contributed by atoms with Crippen molar-refractivity contribution in [3.8, 4) is 5.75 Å². The Labute approximate surface area is 143 Å². The Kier molecular flexibility index (Phi) is 6.19. The molecule has 0 fully saturated rings. The predicted octanol–water partition coefficient (Wildman–Crippen LogP) is 4.97. The van der Waals surface area contributed by atoms with Crippen LogP contribution in [0, 0.1) is 0 Å². The topological polar surface area (TPSA) is 35.5 Å². The Hall–Kier alpha value is -2.55. The molecule has 0 amide bonds. The van der Waals surface area contributed by atoms with Crippen molar-refractivity contribution >= 4 is 11.5 Å². The molecule has 0 aliphatic rings. The highest BCUT2D eigenvalue weighted by Crippen LogP contribution is 2.34. The molecule has 0 aromatic heterocycles. The summed E-state index contributed by atoms with van der Waals surface area (Å²) in [5, 5.41) is 0. The van der Waals surface area contributed by atoms with Crippen molar-refractivity contribution in [2.75, 3.05) is 7.11 Å². The molecule has 24 heavy (non-hydrogen) atoms. The van der Waals surface area contributed by atoms with Crippen LogP contribution in [0.5, 0.6) is 5.75 Å². The molecule has 0 spiro atoms. The van der Waals surface area contributed by atoms with Crippen LogP contribution in [-0.2, 0) is 16.1 Å². The maximum absolute atomic E-state index is 11.6. The zero-order chi connectivity index (χ0) is 17.5. The lowest BCUT2D eigenvalue weighted by Crippen LogP contribution is -2.03. The highest BCUT2D eigenvalue weighted by Gasteiger charge is 2.15. The summed E-state index contributed by atoms with van der Waals surface area (Å²) in [5.74, 6) is 0.784. The maximum Gasteiger partial charge on any atom is 0.330 e. The number of ether oxygens (including phenoxy) is 2. The van der Waals surface area contributed by atoms with Crippen molar-refractivity contribution < 1.29 is 14.3 Å². The number of hydrogen-bond acceptors (Lipinski definition) is 3. The van der Waals surface area contributed by atoms with E-state index in [-0.39, 0.29) is 5.97 Å². The number of hydrogen-bond donors (Lipinski definition) is 0. The minimum absolute atomic E-state index is 0.321. The van der Waals surface area contributed by atoms with Gasteiger partial charge in [0.1, 0.15) is 12.4 Å². The van der Waals surface area contributed by atoms with Crippen molar-refractivity contribution in [3.05, 3.63) is 71.3 Å². The third kappa shape index (κ3) is 4.48. The first-order chi connectivity index (χ1) is 11.5. The molecule has 2 rings (SSSR count). The monoisotopic (exact) mass is 324 g/mol. The van der Waals surface area contributed by atoms with Crippen LogP contribution >= 0.6 is 0 Å². The lowest BCUT2D eigenvalue weighted by molar-refractivity contribution is -0.134. The Morgan fingerprint density at radius 3 is 2.42 bits per heavy atom. The largest absolute Gasteiger partial charge is 0.488 e. The Morgan fingerprint density at radius 2 is 1.79 bits per heavy atom. The highest BCUT2D eigenvalue weighted by molar-refractivity contribution is 5.91. The summed E-state index contributed by atoms with van der Waals surface area (Å²) in [5.41, 5.74) is 3.98. The van der Waals surface area contributed by atoms with E-state index in [0.29, 0.717) is 12.5 Å². The van der Waals surface area contributed by atoms with Gasteiger partial charge in [0, 0.05) is 11.6 Å². The molecule has 0 saturated carbocycles. The average Bonchev–Trinajstić information content (AvgIpc) is 2.60. The molecule has 0 saturated heterocycles. The maximum atomic E-state index is 11.6. The van der Waals surface area contributed by atoms with Crippen molar-refractivity contribution in [2.45, 2.75) is 33.3 Å². The molecule has 0 radical (unpaired) electrons. The van der Waals surface area contributed by atoms with E-state index in [1.54, 1.807) is 0 Å². The molecule has 2 aromatic carbocycles. The van der Waals surface area contributed by atoms with Crippen molar-refractivity contribution in [1.29, 1.82) is 0 Å². The van der Waals surface area contributed by atoms with Gasteiger partial charge < -0.3 is 9.47 Å². The number of carbonyl (C=O) groups excluding carboxylic acids is 1. The van der Waals surface area contributed by atoms with Gasteiger partial charge in [0.2, 0.25) is 0 Å². The minimum Gasteiger partial charge on any atom is -0.488 e. The molecular weight excluding hydrogens is 300 g/mol. The summed E-state index contributed by atoms with van der Waals surface area (Å²) < 4.78 is 10.9. The number of benzene rings is 2. The molecule has 0 heterocycles. The van der Waals surface area contributed by atoms with Gasteiger partial charge in [-0.3, -0.25) is 0 Å². The standard InChI is InChI=1S/C21H24O3/c1-15(2)18-11-8-12-19(16(3)13-20(22)23-4)21(18)24-14-17-9-6-5-7-10-17/h5-13,15H,14H2,1-4H3. The first-order valence-electron chi connectivity index (χ1n) is 8.09. The first kappa shape index (κ1) is 17.8. The Bertz CT molecular complexity index is 715. The van der Waals surface area contributed by atoms with E-state index in [2.05, 4.69) is 19.9 Å². The predicted molar refractivity (Wildman–Crippen MR) is 97.0 cm³/mol. The van der Waals surface area contributed by atoms with Gasteiger partial charge in [0.05, 0.1) is 7.11 Å². The SMILES string of the molecule is COC(=O)C=C(C)c1cccc(C(C)C)c1OCc1ccccc1. The first-order valence-corrected chi connectivity index (χ1v) is 8.09. The molecule has 0 aliphatic heterocycles. The third-order valence-corrected chi connectivity index (χ3v) is 3.85. The fraction of sp³-hybridized carbons (Fsp3) is 0.286. The molecule has 0 atom stereocenters. The summed E-state index contributed by atoms with van der Waals surface area (Å²) in [6.45, 7) is 6.65. The molecule has 2 aromatic rings. The Morgan fingerprint density at radius 1 is 1.08 bits per heavy atom. The van der Waals surface area contributed by atoms with Gasteiger partial charge in [-0.15, -0.1) is 0 Å². The van der Waals surface area contributed by atoms with Crippen LogP contribution in [0.15, 0.2) is 54.6 Å². The van der Waals surface area contributed by atoms with Crippen LogP contribution in [-0.4, -0.2) is 13.1 Å². The van der Waals surface area contributed by atoms with E-state index in [9.17, 15) is 4.79 Å². The van der Waals surface area contributed by atoms with Crippen LogP contribution < -0.4 is 4.74 Å². The number of allylic oxidation sites excluding steroid dienone is 1. The van der Waals surface area contributed by atoms with Gasteiger partial charge in [0.15, 0.2) is 0 Å². The van der Waals surface area contributed by atoms with Crippen molar-refractivity contribution in [2.24, 2.45) is 0 Å². The number of methoxy groups -OCH3 is 1. The molecule has 0 aliphatic carbocycles. The molecule has 3 nitrogen and oxygen atoms in total. The van der Waals surface area contributed by atoms with Gasteiger partial charge in [0.25, 0.3) is 0 Å². The zero-order valence-electron chi connectivity index (χ0n) is 14.7. The van der Waals surface area contributed by atoms with Crippen LogP contribution in [0.1, 0.15) is 43.4 Å². The van der Waals surface area contributed by atoms with Crippen LogP contribution in [0.4, 0.5) is 0 Å². The van der Waals surface area contributed by atoms with E-state index >= 15 is 0 Å². The van der Waals surface area contributed by atoms with E-state index < -0.39 is 0 Å². The van der Waals surface area contributed by atoms with E-state index in [0.717, 1.165) is 28.0 Å². The van der Waals surface area contributed by atoms with Gasteiger partial charge in [-0.05, 0) is 29.5 Å². The van der Waals surface area contributed by atoms with E-state index in [1.165, 1.54) is 13.2 Å². The second kappa shape index (κ2) is 8.34. The van der Waals surface area contributed by atoms with Crippen LogP contribution in [0.25, 0.3) is 5.57 Å². The Balaban J connectivity index is 2.38. The van der Waals surface area contributed by atoms with Crippen LogP contribution in [0.2, 0.25) is 0 Å². The van der Waals surface area contributed by atoms with Crippen LogP contribution in [0.3, 0.4) is 0 Å². The van der Waals surface area contributed by atoms with Gasteiger partial charge in [-0.25, -0.2) is 4.79 Å². The second-order valence-corrected chi connectivity index (χ2v) is 6.00. The molecule has 126 valence electrons. The highest BCUT2D eigenvalue weighted by atomic mass is 16.5. The van der Waals surface area contributed by atoms with Gasteiger partial charge in [-0.2, -0.15) is 0 Å². The molecule has 0 N–H and O–H groups in total. The van der Waals surface area contributed by atoms with E-state index in [1.807, 2.05) is 49.4 Å². The smallest absolute Gasteiger partial charge is 0.330 e. The molecule has 3 heteroatoms. The summed E-state index contributed by atoms with van der Waals surface area (Å²) in [6, 6.07) is 16.1. The number of esters is 1. The van der Waals surface area contributed by atoms with Gasteiger partial charge in [-0.1, -0.05) is 62.4 Å². The van der Waals surface area contributed by atoms with E-state index in [4.69, 9.17) is 9.47 Å². The number of para-hydroxylation sites is 1. The fourth-order valence-electron chi connectivity index (χ4n) is 2.52. The average molecular weight is 324 g/mol. The third-order valence-electron chi connectivity index (χ3n) is 3.85. The second-order valence-electron chi connectivity index (χ2n) is 6.00. The molecular formula is C21H24O3. The number of carbonyl (C=O) groups is 1. The van der Waals surface area contributed by atoms with Crippen molar-refractivity contribution in [1.82, 2.24) is 0 Å². The van der Waals surface area contributed by atoms with Crippen molar-refractivity contribution in [3.63, 3.8) is 0 Å². The quantitative estimate of drug-likeness (QED) is 0.556. The summed E-state index contributed by atoms with van der Waals surface area (Å²) in [6.07, 6.45) is 1.49. The molecule has 0 unspecified atom stereocenters. The summed E-state index contributed by atoms with van der Waals surface area (Å²) in [4.78, 5) is 11.6. The summed E-state index contributed by atoms with van der Waals surface area (Å²) in [7, 11) is 1.38. The molecule has 0 bridgehead atoms. The zero-order valence-corrected chi connectivity index (χ0v) is 14.7. The normalized spacial score (nSPS) is 11.5. The van der Waals surface area contributed by atoms with Gasteiger partial charge >= 0.3 is 5.97 Å².